The molecule has 0 saturated carbocycles. The molecular weight excluding hydrogens is 633 g/mol. The van der Waals surface area contributed by atoms with Crippen LogP contribution in [0, 0.1) is 10.7 Å². The number of amides is 1. The molecule has 21 heavy (non-hydrogen) atoms. The molecule has 110 valence electrons. The van der Waals surface area contributed by atoms with Crippen molar-refractivity contribution in [1.29, 1.82) is 0 Å². The third-order valence-corrected chi connectivity index (χ3v) is 6.82. The lowest BCUT2D eigenvalue weighted by Gasteiger charge is -2.07. The van der Waals surface area contributed by atoms with Crippen molar-refractivity contribution in [2.24, 2.45) is 0 Å². The molecule has 2 N–H and O–H groups in total. The summed E-state index contributed by atoms with van der Waals surface area (Å²) in [4.78, 5) is 27.0. The van der Waals surface area contributed by atoms with E-state index in [1.807, 2.05) is 12.1 Å². The summed E-state index contributed by atoms with van der Waals surface area (Å²) in [5.41, 5.74) is 1.02. The normalized spacial score (nSPS) is 10.4. The average molecular weight is 640 g/mol. The van der Waals surface area contributed by atoms with Crippen LogP contribution in [0.25, 0.3) is 0 Å². The van der Waals surface area contributed by atoms with Crippen LogP contribution in [-0.4, -0.2) is 22.0 Å². The number of nitrogens with zero attached hydrogens (tertiary/aromatic N) is 1. The maximum atomic E-state index is 12.3. The van der Waals surface area contributed by atoms with Crippen molar-refractivity contribution in [3.8, 4) is 0 Å². The Labute approximate surface area is 165 Å². The fourth-order valence-corrected chi connectivity index (χ4v) is 4.59. The number of anilines is 1. The molecular formula is C12H7I3N2O3S. The zero-order chi connectivity index (χ0) is 15.6. The van der Waals surface area contributed by atoms with E-state index >= 15 is 0 Å². The van der Waals surface area contributed by atoms with Crippen molar-refractivity contribution >= 4 is 96.1 Å². The maximum absolute atomic E-state index is 12.3. The number of halogens is 3. The minimum atomic E-state index is -0.945. The lowest BCUT2D eigenvalue weighted by molar-refractivity contribution is -0.136. The fraction of sp³-hybridized carbons (Fsp3) is 0.0833. The molecule has 1 aromatic heterocycles. The second-order valence-corrected chi connectivity index (χ2v) is 8.26. The van der Waals surface area contributed by atoms with Gasteiger partial charge in [0.25, 0.3) is 5.91 Å². The predicted molar refractivity (Wildman–Crippen MR) is 106 cm³/mol. The van der Waals surface area contributed by atoms with Crippen LogP contribution < -0.4 is 5.32 Å². The van der Waals surface area contributed by atoms with E-state index in [2.05, 4.69) is 78.1 Å². The SMILES string of the molecule is O=C(O)Cc1csc(NC(=O)c2cc(I)cc(I)c2I)n1. The van der Waals surface area contributed by atoms with Crippen LogP contribution in [0.5, 0.6) is 0 Å². The molecule has 1 amide bonds. The minimum absolute atomic E-state index is 0.148. The van der Waals surface area contributed by atoms with Crippen LogP contribution in [0.3, 0.4) is 0 Å². The van der Waals surface area contributed by atoms with E-state index in [9.17, 15) is 9.59 Å². The topological polar surface area (TPSA) is 79.3 Å². The van der Waals surface area contributed by atoms with Gasteiger partial charge in [-0.25, -0.2) is 4.98 Å². The van der Waals surface area contributed by atoms with Crippen LogP contribution in [0.2, 0.25) is 0 Å². The Morgan fingerprint density at radius 3 is 2.67 bits per heavy atom. The lowest BCUT2D eigenvalue weighted by Crippen LogP contribution is -2.14. The number of carbonyl (C=O) groups is 2. The van der Waals surface area contributed by atoms with Crippen molar-refractivity contribution in [2.45, 2.75) is 6.42 Å². The first-order valence-electron chi connectivity index (χ1n) is 5.49. The quantitative estimate of drug-likeness (QED) is 0.394. The number of hydrogen-bond donors (Lipinski definition) is 2. The molecule has 0 spiro atoms. The van der Waals surface area contributed by atoms with Crippen LogP contribution in [0.4, 0.5) is 5.13 Å². The first kappa shape index (κ1) is 17.3. The van der Waals surface area contributed by atoms with Crippen LogP contribution in [0.1, 0.15) is 16.1 Å². The summed E-state index contributed by atoms with van der Waals surface area (Å²) in [6.45, 7) is 0. The number of benzene rings is 1. The van der Waals surface area contributed by atoms with Gasteiger partial charge >= 0.3 is 5.97 Å². The average Bonchev–Trinajstić information content (AvgIpc) is 2.80. The smallest absolute Gasteiger partial charge is 0.309 e. The summed E-state index contributed by atoms with van der Waals surface area (Å²) in [5, 5.41) is 13.5. The zero-order valence-corrected chi connectivity index (χ0v) is 17.5. The Morgan fingerprint density at radius 1 is 1.29 bits per heavy atom. The van der Waals surface area contributed by atoms with Gasteiger partial charge in [0.05, 0.1) is 17.7 Å². The molecule has 0 aliphatic carbocycles. The van der Waals surface area contributed by atoms with Crippen molar-refractivity contribution in [3.05, 3.63) is 39.5 Å². The van der Waals surface area contributed by atoms with Gasteiger partial charge < -0.3 is 5.11 Å². The Balaban J connectivity index is 2.18. The first-order valence-corrected chi connectivity index (χ1v) is 9.60. The van der Waals surface area contributed by atoms with Crippen molar-refractivity contribution in [3.63, 3.8) is 0 Å². The summed E-state index contributed by atoms with van der Waals surface area (Å²) >= 11 is 7.70. The van der Waals surface area contributed by atoms with Gasteiger partial charge in [-0.2, -0.15) is 0 Å². The Hall–Kier alpha value is -0.0200. The second-order valence-electron chi connectivity index (χ2n) is 3.92. The molecule has 0 aliphatic heterocycles. The van der Waals surface area contributed by atoms with Crippen LogP contribution >= 0.6 is 79.1 Å². The second kappa shape index (κ2) is 7.50. The van der Waals surface area contributed by atoms with Crippen molar-refractivity contribution in [2.75, 3.05) is 5.32 Å². The van der Waals surface area contributed by atoms with E-state index in [-0.39, 0.29) is 12.3 Å². The molecule has 5 nitrogen and oxygen atoms in total. The Bertz CT molecular complexity index is 718. The van der Waals surface area contributed by atoms with Crippen molar-refractivity contribution in [1.82, 2.24) is 4.98 Å². The summed E-state index contributed by atoms with van der Waals surface area (Å²) in [5.74, 6) is -1.19. The minimum Gasteiger partial charge on any atom is -0.481 e. The molecule has 0 radical (unpaired) electrons. The number of carbonyl (C=O) groups excluding carboxylic acids is 1. The maximum Gasteiger partial charge on any atom is 0.309 e. The Kier molecular flexibility index (Phi) is 6.19. The number of carboxylic acid groups (broad SMARTS) is 1. The molecule has 0 saturated heterocycles. The number of thiazole rings is 1. The molecule has 0 fully saturated rings. The van der Waals surface area contributed by atoms with Gasteiger partial charge in [-0.3, -0.25) is 14.9 Å². The van der Waals surface area contributed by atoms with E-state index in [0.29, 0.717) is 16.4 Å². The Morgan fingerprint density at radius 2 is 2.00 bits per heavy atom. The van der Waals surface area contributed by atoms with Crippen LogP contribution in [-0.2, 0) is 11.2 Å². The number of nitrogens with one attached hydrogen (secondary N) is 1. The van der Waals surface area contributed by atoms with E-state index in [1.165, 1.54) is 11.3 Å². The highest BCUT2D eigenvalue weighted by molar-refractivity contribution is 14.1. The molecule has 0 unspecified atom stereocenters. The lowest BCUT2D eigenvalue weighted by atomic mass is 10.2. The molecule has 2 rings (SSSR count). The first-order chi connectivity index (χ1) is 9.86. The molecule has 0 atom stereocenters. The van der Waals surface area contributed by atoms with Crippen LogP contribution in [0.15, 0.2) is 17.5 Å². The zero-order valence-electron chi connectivity index (χ0n) is 10.2. The number of aromatic nitrogens is 1. The molecule has 1 aromatic carbocycles. The third-order valence-electron chi connectivity index (χ3n) is 2.34. The summed E-state index contributed by atoms with van der Waals surface area (Å²) in [6.07, 6.45) is -0.148. The molecule has 1 heterocycles. The van der Waals surface area contributed by atoms with Gasteiger partial charge in [0.15, 0.2) is 5.13 Å². The van der Waals surface area contributed by atoms with Gasteiger partial charge in [0, 0.05) is 16.1 Å². The van der Waals surface area contributed by atoms with Crippen molar-refractivity contribution < 1.29 is 14.7 Å². The monoisotopic (exact) mass is 640 g/mol. The van der Waals surface area contributed by atoms with E-state index in [4.69, 9.17) is 5.11 Å². The summed E-state index contributed by atoms with van der Waals surface area (Å²) in [7, 11) is 0. The molecule has 2 aromatic rings. The van der Waals surface area contributed by atoms with Gasteiger partial charge in [0.1, 0.15) is 0 Å². The van der Waals surface area contributed by atoms with Gasteiger partial charge in [-0.1, -0.05) is 0 Å². The van der Waals surface area contributed by atoms with Gasteiger partial charge in [-0.15, -0.1) is 11.3 Å². The number of rotatable bonds is 4. The highest BCUT2D eigenvalue weighted by Crippen LogP contribution is 2.24. The van der Waals surface area contributed by atoms with E-state index in [0.717, 1.165) is 10.7 Å². The number of aliphatic carboxylic acids is 1. The van der Waals surface area contributed by atoms with E-state index in [1.54, 1.807) is 5.38 Å². The van der Waals surface area contributed by atoms with E-state index < -0.39 is 5.97 Å². The van der Waals surface area contributed by atoms with Gasteiger partial charge in [0.2, 0.25) is 0 Å². The number of carboxylic acids is 1. The molecule has 0 aliphatic rings. The molecule has 9 heteroatoms. The molecule has 0 bridgehead atoms. The summed E-state index contributed by atoms with van der Waals surface area (Å²) < 4.78 is 2.87. The predicted octanol–water partition coefficient (Wildman–Crippen LogP) is 3.84. The largest absolute Gasteiger partial charge is 0.481 e. The number of hydrogen-bond acceptors (Lipinski definition) is 4. The third kappa shape index (κ3) is 4.72. The van der Waals surface area contributed by atoms with Gasteiger partial charge in [-0.05, 0) is 79.9 Å². The fourth-order valence-electron chi connectivity index (χ4n) is 1.49. The highest BCUT2D eigenvalue weighted by atomic mass is 127. The summed E-state index contributed by atoms with van der Waals surface area (Å²) in [6, 6.07) is 3.81. The standard InChI is InChI=1S/C12H7I3N2O3S/c13-5-1-7(10(15)8(14)2-5)11(20)17-12-16-6(4-21-12)3-9(18)19/h1-2,4H,3H2,(H,18,19)(H,16,17,20). The highest BCUT2D eigenvalue weighted by Gasteiger charge is 2.15.